The summed E-state index contributed by atoms with van der Waals surface area (Å²) in [6, 6.07) is 0. The number of ether oxygens (including phenoxy) is 3. The number of aliphatic hydroxyl groups is 4. The summed E-state index contributed by atoms with van der Waals surface area (Å²) in [5, 5.41) is 53.9. The smallest absolute Gasteiger partial charge is 0.450 e. The highest BCUT2D eigenvalue weighted by Gasteiger charge is 2.36. The van der Waals surface area contributed by atoms with E-state index in [9.17, 15) is 14.7 Å². The van der Waals surface area contributed by atoms with E-state index in [1.165, 1.54) is 0 Å². The maximum Gasteiger partial charge on any atom is 0.505 e. The maximum atomic E-state index is 10.5. The molecule has 6 N–H and O–H groups in total. The van der Waals surface area contributed by atoms with E-state index in [1.54, 1.807) is 0 Å². The molecule has 136 valence electrons. The molecule has 0 fully saturated rings. The molecule has 0 aromatic heterocycles. The van der Waals surface area contributed by atoms with Crippen molar-refractivity contribution in [1.29, 1.82) is 0 Å². The highest BCUT2D eigenvalue weighted by molar-refractivity contribution is 5.57. The number of hydrogen-bond acceptors (Lipinski definition) is 9. The van der Waals surface area contributed by atoms with Gasteiger partial charge in [-0.1, -0.05) is 0 Å². The van der Waals surface area contributed by atoms with Crippen LogP contribution in [0.1, 0.15) is 0 Å². The fourth-order valence-corrected chi connectivity index (χ4v) is 1.46. The summed E-state index contributed by atoms with van der Waals surface area (Å²) < 4.78 is 13.9. The second-order valence-electron chi connectivity index (χ2n) is 5.23. The maximum absolute atomic E-state index is 10.5. The van der Waals surface area contributed by atoms with E-state index >= 15 is 0 Å². The van der Waals surface area contributed by atoms with E-state index in [-0.39, 0.29) is 6.61 Å². The van der Waals surface area contributed by atoms with Gasteiger partial charge < -0.3 is 44.8 Å². The summed E-state index contributed by atoms with van der Waals surface area (Å²) in [5.41, 5.74) is -2.83. The van der Waals surface area contributed by atoms with Crippen LogP contribution >= 0.6 is 0 Å². The van der Waals surface area contributed by atoms with Crippen LogP contribution < -0.4 is 0 Å². The zero-order chi connectivity index (χ0) is 17.9. The molecule has 0 rings (SSSR count). The van der Waals surface area contributed by atoms with Gasteiger partial charge in [0, 0.05) is 0 Å². The summed E-state index contributed by atoms with van der Waals surface area (Å²) in [6.45, 7) is -4.37. The minimum Gasteiger partial charge on any atom is -0.450 e. The molecule has 0 aromatic rings. The van der Waals surface area contributed by atoms with Crippen LogP contribution in [-0.4, -0.2) is 95.8 Å². The molecule has 0 atom stereocenters. The molecule has 0 heterocycles. The van der Waals surface area contributed by atoms with Crippen LogP contribution in [0.3, 0.4) is 0 Å². The molecule has 0 saturated heterocycles. The molecular weight excluding hydrogens is 320 g/mol. The number of carbonyl (C=O) groups is 2. The van der Waals surface area contributed by atoms with Crippen molar-refractivity contribution in [1.82, 2.24) is 0 Å². The first kappa shape index (κ1) is 21.3. The Labute approximate surface area is 131 Å². The van der Waals surface area contributed by atoms with E-state index in [0.717, 1.165) is 0 Å². The number of aliphatic hydroxyl groups excluding tert-OH is 4. The molecule has 0 aromatic carbocycles. The summed E-state index contributed by atoms with van der Waals surface area (Å²) in [4.78, 5) is 20.9. The average Bonchev–Trinajstić information content (AvgIpc) is 2.54. The molecule has 0 aliphatic rings. The lowest BCUT2D eigenvalue weighted by Crippen LogP contribution is -2.44. The van der Waals surface area contributed by atoms with Gasteiger partial charge in [0.1, 0.15) is 13.2 Å². The summed E-state index contributed by atoms with van der Waals surface area (Å²) in [7, 11) is 0. The van der Waals surface area contributed by atoms with Gasteiger partial charge in [-0.15, -0.1) is 0 Å². The summed E-state index contributed by atoms with van der Waals surface area (Å²) in [6.07, 6.45) is -3.26. The molecule has 0 spiro atoms. The zero-order valence-electron chi connectivity index (χ0n) is 12.4. The molecule has 23 heavy (non-hydrogen) atoms. The topological polar surface area (TPSA) is 183 Å². The minimum atomic E-state index is -1.63. The molecule has 0 saturated carbocycles. The number of hydrogen-bond donors (Lipinski definition) is 6. The Morgan fingerprint density at radius 2 is 1.00 bits per heavy atom. The lowest BCUT2D eigenvalue weighted by molar-refractivity contribution is -0.108. The molecular formula is C12H22O11. The monoisotopic (exact) mass is 342 g/mol. The Morgan fingerprint density at radius 1 is 0.652 bits per heavy atom. The van der Waals surface area contributed by atoms with E-state index in [4.69, 9.17) is 30.3 Å². The third-order valence-corrected chi connectivity index (χ3v) is 3.16. The largest absolute Gasteiger partial charge is 0.505 e. The Kier molecular flexibility index (Phi) is 9.44. The Bertz CT molecular complexity index is 340. The van der Waals surface area contributed by atoms with Crippen LogP contribution in [0.4, 0.5) is 9.59 Å². The first-order chi connectivity index (χ1) is 10.8. The second-order valence-corrected chi connectivity index (χ2v) is 5.23. The molecule has 0 unspecified atom stereocenters. The fraction of sp³-hybridized carbons (Fsp3) is 0.833. The Balaban J connectivity index is 4.84. The zero-order valence-corrected chi connectivity index (χ0v) is 12.4. The van der Waals surface area contributed by atoms with Crippen molar-refractivity contribution in [2.45, 2.75) is 0 Å². The molecule has 0 aliphatic heterocycles. The van der Waals surface area contributed by atoms with Crippen LogP contribution in [0.25, 0.3) is 0 Å². The van der Waals surface area contributed by atoms with Crippen molar-refractivity contribution in [3.8, 4) is 0 Å². The SMILES string of the molecule is O=C(O)OCC(CO)(COCC(CO)(CO)CO)COC(=O)O. The van der Waals surface area contributed by atoms with Gasteiger partial charge in [0.15, 0.2) is 0 Å². The highest BCUT2D eigenvalue weighted by atomic mass is 16.7. The van der Waals surface area contributed by atoms with Gasteiger partial charge in [0.25, 0.3) is 0 Å². The molecule has 11 heteroatoms. The van der Waals surface area contributed by atoms with Crippen molar-refractivity contribution >= 4 is 12.3 Å². The molecule has 0 amide bonds. The van der Waals surface area contributed by atoms with E-state index in [1.807, 2.05) is 0 Å². The molecule has 0 aliphatic carbocycles. The van der Waals surface area contributed by atoms with E-state index in [0.29, 0.717) is 0 Å². The first-order valence-electron chi connectivity index (χ1n) is 6.51. The van der Waals surface area contributed by atoms with Gasteiger partial charge in [-0.2, -0.15) is 0 Å². The first-order valence-corrected chi connectivity index (χ1v) is 6.51. The van der Waals surface area contributed by atoms with Crippen LogP contribution in [0.15, 0.2) is 0 Å². The third kappa shape index (κ3) is 7.43. The highest BCUT2D eigenvalue weighted by Crippen LogP contribution is 2.22. The normalized spacial score (nSPS) is 12.0. The van der Waals surface area contributed by atoms with Crippen LogP contribution in [0, 0.1) is 10.8 Å². The number of rotatable bonds is 12. The van der Waals surface area contributed by atoms with Crippen LogP contribution in [-0.2, 0) is 14.2 Å². The van der Waals surface area contributed by atoms with Crippen molar-refractivity contribution in [2.24, 2.45) is 10.8 Å². The van der Waals surface area contributed by atoms with Gasteiger partial charge in [-0.25, -0.2) is 9.59 Å². The van der Waals surface area contributed by atoms with E-state index in [2.05, 4.69) is 9.47 Å². The average molecular weight is 342 g/mol. The van der Waals surface area contributed by atoms with Gasteiger partial charge in [-0.05, 0) is 0 Å². The Morgan fingerprint density at radius 3 is 1.30 bits per heavy atom. The van der Waals surface area contributed by atoms with Crippen molar-refractivity contribution in [3.05, 3.63) is 0 Å². The predicted molar refractivity (Wildman–Crippen MR) is 72.0 cm³/mol. The Hall–Kier alpha value is -1.66. The van der Waals surface area contributed by atoms with Crippen molar-refractivity contribution in [3.63, 3.8) is 0 Å². The summed E-state index contributed by atoms with van der Waals surface area (Å²) in [5.74, 6) is 0. The van der Waals surface area contributed by atoms with E-state index < -0.39 is 69.4 Å². The van der Waals surface area contributed by atoms with Gasteiger partial charge in [0.2, 0.25) is 0 Å². The quantitative estimate of drug-likeness (QED) is 0.223. The van der Waals surface area contributed by atoms with Crippen molar-refractivity contribution < 1.29 is 54.4 Å². The predicted octanol–water partition coefficient (Wildman–Crippen LogP) is -1.67. The van der Waals surface area contributed by atoms with Crippen LogP contribution in [0.5, 0.6) is 0 Å². The van der Waals surface area contributed by atoms with Gasteiger partial charge in [-0.3, -0.25) is 0 Å². The fourth-order valence-electron chi connectivity index (χ4n) is 1.46. The molecule has 0 bridgehead atoms. The minimum absolute atomic E-state index is 0.321. The third-order valence-electron chi connectivity index (χ3n) is 3.16. The van der Waals surface area contributed by atoms with Crippen molar-refractivity contribution in [2.75, 3.05) is 52.9 Å². The van der Waals surface area contributed by atoms with Gasteiger partial charge >= 0.3 is 12.3 Å². The number of carboxylic acid groups (broad SMARTS) is 2. The molecule has 11 nitrogen and oxygen atoms in total. The molecule has 0 radical (unpaired) electrons. The summed E-state index contributed by atoms with van der Waals surface area (Å²) >= 11 is 0. The van der Waals surface area contributed by atoms with Crippen LogP contribution in [0.2, 0.25) is 0 Å². The lowest BCUT2D eigenvalue weighted by atomic mass is 9.90. The lowest BCUT2D eigenvalue weighted by Gasteiger charge is -2.32. The second kappa shape index (κ2) is 10.2. The van der Waals surface area contributed by atoms with Gasteiger partial charge in [0.05, 0.1) is 50.5 Å². The standard InChI is InChI=1S/C12H22O11/c13-1-11(2-14,3-15)5-21-6-12(4-16,7-22-9(17)18)8-23-10(19)20/h13-16H,1-8H2,(H,17,18)(H,19,20).